The molecule has 1 aromatic carbocycles. The Bertz CT molecular complexity index is 766. The number of hydrogen-bond donors (Lipinski definition) is 0. The SMILES string of the molecule is CC[C@H]1CC[C@H](c2ccc(-c3ccc([C@H]4CC[C@H](C)CC4)cn3)c(F)c2)CC1. The van der Waals surface area contributed by atoms with Crippen molar-refractivity contribution in [3.8, 4) is 11.3 Å². The molecular formula is C26H34FN. The molecule has 0 aliphatic heterocycles. The second-order valence-electron chi connectivity index (χ2n) is 9.30. The highest BCUT2D eigenvalue weighted by Crippen LogP contribution is 2.38. The Hall–Kier alpha value is -1.70. The molecule has 0 spiro atoms. The second-order valence-corrected chi connectivity index (χ2v) is 9.30. The molecule has 2 aromatic rings. The minimum atomic E-state index is -0.123. The fourth-order valence-corrected chi connectivity index (χ4v) is 5.30. The van der Waals surface area contributed by atoms with Crippen molar-refractivity contribution in [2.24, 2.45) is 11.8 Å². The lowest BCUT2D eigenvalue weighted by molar-refractivity contribution is 0.318. The maximum Gasteiger partial charge on any atom is 0.132 e. The van der Waals surface area contributed by atoms with E-state index < -0.39 is 0 Å². The molecule has 2 aliphatic carbocycles. The summed E-state index contributed by atoms with van der Waals surface area (Å²) < 4.78 is 14.9. The van der Waals surface area contributed by atoms with E-state index in [1.54, 1.807) is 6.07 Å². The van der Waals surface area contributed by atoms with Gasteiger partial charge in [-0.05, 0) is 91.5 Å². The van der Waals surface area contributed by atoms with Gasteiger partial charge in [-0.3, -0.25) is 4.98 Å². The van der Waals surface area contributed by atoms with E-state index in [9.17, 15) is 4.39 Å². The van der Waals surface area contributed by atoms with Gasteiger partial charge in [0.15, 0.2) is 0 Å². The zero-order chi connectivity index (χ0) is 19.5. The minimum Gasteiger partial charge on any atom is -0.256 e. The highest BCUT2D eigenvalue weighted by molar-refractivity contribution is 5.60. The van der Waals surface area contributed by atoms with Gasteiger partial charge in [-0.1, -0.05) is 45.2 Å². The van der Waals surface area contributed by atoms with Crippen molar-refractivity contribution in [3.63, 3.8) is 0 Å². The van der Waals surface area contributed by atoms with Gasteiger partial charge in [0.1, 0.15) is 5.82 Å². The van der Waals surface area contributed by atoms with Gasteiger partial charge in [-0.2, -0.15) is 0 Å². The quantitative estimate of drug-likeness (QED) is 0.527. The molecule has 2 fully saturated rings. The lowest BCUT2D eigenvalue weighted by atomic mass is 9.77. The number of rotatable bonds is 4. The third-order valence-corrected chi connectivity index (χ3v) is 7.44. The molecule has 2 aliphatic rings. The summed E-state index contributed by atoms with van der Waals surface area (Å²) in [5.41, 5.74) is 3.88. The predicted octanol–water partition coefficient (Wildman–Crippen LogP) is 7.87. The van der Waals surface area contributed by atoms with Crippen molar-refractivity contribution in [1.82, 2.24) is 4.98 Å². The van der Waals surface area contributed by atoms with E-state index >= 15 is 0 Å². The van der Waals surface area contributed by atoms with E-state index in [1.807, 2.05) is 18.3 Å². The van der Waals surface area contributed by atoms with Gasteiger partial charge < -0.3 is 0 Å². The van der Waals surface area contributed by atoms with Crippen molar-refractivity contribution in [2.75, 3.05) is 0 Å². The summed E-state index contributed by atoms with van der Waals surface area (Å²) in [5, 5.41) is 0. The zero-order valence-corrected chi connectivity index (χ0v) is 17.5. The van der Waals surface area contributed by atoms with Gasteiger partial charge in [0.25, 0.3) is 0 Å². The van der Waals surface area contributed by atoms with E-state index in [4.69, 9.17) is 0 Å². The summed E-state index contributed by atoms with van der Waals surface area (Å²) >= 11 is 0. The zero-order valence-electron chi connectivity index (χ0n) is 17.5. The second kappa shape index (κ2) is 8.76. The molecule has 1 nitrogen and oxygen atoms in total. The molecule has 0 radical (unpaired) electrons. The van der Waals surface area contributed by atoms with Gasteiger partial charge in [0.05, 0.1) is 5.69 Å². The standard InChI is InChI=1S/C26H34FN/c1-3-19-6-10-20(11-7-19)22-12-14-24(25(27)16-22)26-15-13-23(17-28-26)21-8-4-18(2)5-9-21/h12-21H,3-11H2,1-2H3/t18-,19-,20-,21-. The van der Waals surface area contributed by atoms with Crippen molar-refractivity contribution in [3.05, 3.63) is 53.5 Å². The average Bonchev–Trinajstić information content (AvgIpc) is 2.74. The number of halogens is 1. The van der Waals surface area contributed by atoms with Crippen LogP contribution in [0.25, 0.3) is 11.3 Å². The summed E-state index contributed by atoms with van der Waals surface area (Å²) in [6, 6.07) is 10.0. The van der Waals surface area contributed by atoms with Gasteiger partial charge in [0.2, 0.25) is 0 Å². The van der Waals surface area contributed by atoms with Crippen LogP contribution >= 0.6 is 0 Å². The van der Waals surface area contributed by atoms with Crippen LogP contribution in [0.2, 0.25) is 0 Å². The molecule has 1 heterocycles. The summed E-state index contributed by atoms with van der Waals surface area (Å²) in [6.07, 6.45) is 13.4. The molecule has 0 atom stereocenters. The molecule has 1 aromatic heterocycles. The van der Waals surface area contributed by atoms with Crippen molar-refractivity contribution in [2.45, 2.75) is 83.5 Å². The third-order valence-electron chi connectivity index (χ3n) is 7.44. The fourth-order valence-electron chi connectivity index (χ4n) is 5.30. The molecule has 0 unspecified atom stereocenters. The molecule has 0 bridgehead atoms. The lowest BCUT2D eigenvalue weighted by Gasteiger charge is -2.28. The first-order valence-electron chi connectivity index (χ1n) is 11.4. The Morgan fingerprint density at radius 1 is 0.857 bits per heavy atom. The number of pyridine rings is 1. The smallest absolute Gasteiger partial charge is 0.132 e. The van der Waals surface area contributed by atoms with Crippen LogP contribution in [0.3, 0.4) is 0 Å². The fraction of sp³-hybridized carbons (Fsp3) is 0.577. The largest absolute Gasteiger partial charge is 0.256 e. The highest BCUT2D eigenvalue weighted by Gasteiger charge is 2.23. The number of hydrogen-bond acceptors (Lipinski definition) is 1. The molecule has 0 amide bonds. The predicted molar refractivity (Wildman–Crippen MR) is 115 cm³/mol. The summed E-state index contributed by atoms with van der Waals surface area (Å²) in [7, 11) is 0. The van der Waals surface area contributed by atoms with Crippen molar-refractivity contribution in [1.29, 1.82) is 0 Å². The van der Waals surface area contributed by atoms with Crippen LogP contribution in [-0.2, 0) is 0 Å². The van der Waals surface area contributed by atoms with Crippen molar-refractivity contribution < 1.29 is 4.39 Å². The monoisotopic (exact) mass is 379 g/mol. The molecule has 4 rings (SSSR count). The van der Waals surface area contributed by atoms with Gasteiger partial charge >= 0.3 is 0 Å². The van der Waals surface area contributed by atoms with Crippen LogP contribution in [0.15, 0.2) is 36.5 Å². The number of aromatic nitrogens is 1. The van der Waals surface area contributed by atoms with E-state index in [2.05, 4.69) is 31.0 Å². The highest BCUT2D eigenvalue weighted by atomic mass is 19.1. The normalized spacial score (nSPS) is 28.2. The Morgan fingerprint density at radius 2 is 1.50 bits per heavy atom. The van der Waals surface area contributed by atoms with Crippen LogP contribution in [0, 0.1) is 17.7 Å². The van der Waals surface area contributed by atoms with Crippen LogP contribution in [0.1, 0.15) is 94.6 Å². The third kappa shape index (κ3) is 4.31. The minimum absolute atomic E-state index is 0.123. The topological polar surface area (TPSA) is 12.9 Å². The molecule has 150 valence electrons. The van der Waals surface area contributed by atoms with E-state index in [-0.39, 0.29) is 5.82 Å². The number of benzene rings is 1. The van der Waals surface area contributed by atoms with Crippen LogP contribution in [0.4, 0.5) is 4.39 Å². The molecule has 28 heavy (non-hydrogen) atoms. The van der Waals surface area contributed by atoms with Gasteiger partial charge in [0, 0.05) is 11.8 Å². The molecule has 2 saturated carbocycles. The van der Waals surface area contributed by atoms with Crippen LogP contribution in [0.5, 0.6) is 0 Å². The Kier molecular flexibility index (Phi) is 6.13. The molecular weight excluding hydrogens is 345 g/mol. The van der Waals surface area contributed by atoms with Crippen molar-refractivity contribution >= 4 is 0 Å². The molecule has 2 heteroatoms. The first-order valence-corrected chi connectivity index (χ1v) is 11.4. The van der Waals surface area contributed by atoms with E-state index in [0.717, 1.165) is 17.5 Å². The number of nitrogens with zero attached hydrogens (tertiary/aromatic N) is 1. The Morgan fingerprint density at radius 3 is 2.11 bits per heavy atom. The van der Waals surface area contributed by atoms with Crippen LogP contribution < -0.4 is 0 Å². The van der Waals surface area contributed by atoms with E-state index in [0.29, 0.717) is 17.4 Å². The molecule has 0 saturated heterocycles. The maximum atomic E-state index is 14.9. The summed E-state index contributed by atoms with van der Waals surface area (Å²) in [6.45, 7) is 4.63. The van der Waals surface area contributed by atoms with Gasteiger partial charge in [-0.15, -0.1) is 0 Å². The summed E-state index contributed by atoms with van der Waals surface area (Å²) in [5.74, 6) is 2.75. The van der Waals surface area contributed by atoms with Gasteiger partial charge in [-0.25, -0.2) is 4.39 Å². The first-order chi connectivity index (χ1) is 13.6. The summed E-state index contributed by atoms with van der Waals surface area (Å²) in [4.78, 5) is 4.63. The molecule has 0 N–H and O–H groups in total. The lowest BCUT2D eigenvalue weighted by Crippen LogP contribution is -2.12. The maximum absolute atomic E-state index is 14.9. The average molecular weight is 380 g/mol. The Labute approximate surface area is 169 Å². The first kappa shape index (κ1) is 19.6. The van der Waals surface area contributed by atoms with Crippen LogP contribution in [-0.4, -0.2) is 4.98 Å². The van der Waals surface area contributed by atoms with E-state index in [1.165, 1.54) is 68.9 Å². The Balaban J connectivity index is 1.46.